The van der Waals surface area contributed by atoms with Gasteiger partial charge in [-0.25, -0.2) is 4.98 Å². The summed E-state index contributed by atoms with van der Waals surface area (Å²) >= 11 is 1.63. The minimum absolute atomic E-state index is 0.0548. The van der Waals surface area contributed by atoms with Crippen LogP contribution in [0.1, 0.15) is 17.7 Å². The van der Waals surface area contributed by atoms with Crippen molar-refractivity contribution in [2.45, 2.75) is 32.0 Å². The van der Waals surface area contributed by atoms with Crippen molar-refractivity contribution in [2.24, 2.45) is 0 Å². The normalized spacial score (nSPS) is 19.6. The molecule has 1 fully saturated rings. The van der Waals surface area contributed by atoms with Crippen LogP contribution >= 0.6 is 11.3 Å². The molecule has 1 saturated heterocycles. The number of β-amino-alcohol motifs (C(OH)–C–C–N with tert-alkyl or cyclic N) is 1. The lowest BCUT2D eigenvalue weighted by molar-refractivity contribution is -0.125. The molecule has 1 aliphatic rings. The molecule has 0 saturated carbocycles. The zero-order chi connectivity index (χ0) is 20.6. The number of amides is 1. The molecule has 1 aromatic heterocycles. The van der Waals surface area contributed by atoms with Gasteiger partial charge in [-0.15, -0.1) is 11.3 Å². The summed E-state index contributed by atoms with van der Waals surface area (Å²) in [5.41, 5.74) is 5.06. The minimum Gasteiger partial charge on any atom is -0.392 e. The zero-order valence-corrected chi connectivity index (χ0v) is 17.8. The molecule has 29 heavy (non-hydrogen) atoms. The predicted molar refractivity (Wildman–Crippen MR) is 113 cm³/mol. The largest absolute Gasteiger partial charge is 0.392 e. The first-order valence-electron chi connectivity index (χ1n) is 9.84. The summed E-state index contributed by atoms with van der Waals surface area (Å²) in [6.45, 7) is 5.17. The van der Waals surface area contributed by atoms with Crippen LogP contribution in [0.25, 0.3) is 10.4 Å². The first kappa shape index (κ1) is 21.9. The number of nitrogens with zero attached hydrogens (tertiary/aromatic N) is 2. The summed E-state index contributed by atoms with van der Waals surface area (Å²) in [6.07, 6.45) is -0.0281. The van der Waals surface area contributed by atoms with Gasteiger partial charge in [-0.05, 0) is 24.5 Å². The van der Waals surface area contributed by atoms with Crippen LogP contribution in [-0.4, -0.2) is 73.1 Å². The van der Waals surface area contributed by atoms with Crippen molar-refractivity contribution < 1.29 is 19.4 Å². The van der Waals surface area contributed by atoms with Crippen LogP contribution < -0.4 is 5.32 Å². The first-order valence-corrected chi connectivity index (χ1v) is 10.7. The van der Waals surface area contributed by atoms with Crippen LogP contribution in [0.4, 0.5) is 0 Å². The van der Waals surface area contributed by atoms with Gasteiger partial charge >= 0.3 is 0 Å². The molecule has 158 valence electrons. The van der Waals surface area contributed by atoms with E-state index >= 15 is 0 Å². The SMILES string of the molecule is COCCOCCN1C[C@H](O)C[C@H]1C(=O)NCc1ccc(-c2scnc2C)cc1. The van der Waals surface area contributed by atoms with E-state index in [0.29, 0.717) is 45.9 Å². The Morgan fingerprint density at radius 2 is 2.10 bits per heavy atom. The molecule has 2 aromatic rings. The molecule has 1 aromatic carbocycles. The second-order valence-electron chi connectivity index (χ2n) is 7.19. The molecular formula is C21H29N3O4S. The smallest absolute Gasteiger partial charge is 0.237 e. The number of benzene rings is 1. The van der Waals surface area contributed by atoms with Gasteiger partial charge in [0.25, 0.3) is 0 Å². The lowest BCUT2D eigenvalue weighted by Crippen LogP contribution is -2.44. The average Bonchev–Trinajstić information content (AvgIpc) is 3.31. The van der Waals surface area contributed by atoms with Gasteiger partial charge in [0.05, 0.1) is 48.0 Å². The van der Waals surface area contributed by atoms with Crippen molar-refractivity contribution in [2.75, 3.05) is 40.0 Å². The van der Waals surface area contributed by atoms with Gasteiger partial charge in [0.1, 0.15) is 0 Å². The van der Waals surface area contributed by atoms with Gasteiger partial charge in [0, 0.05) is 26.7 Å². The van der Waals surface area contributed by atoms with E-state index in [1.54, 1.807) is 18.4 Å². The lowest BCUT2D eigenvalue weighted by atomic mass is 10.1. The van der Waals surface area contributed by atoms with E-state index in [0.717, 1.165) is 16.8 Å². The summed E-state index contributed by atoms with van der Waals surface area (Å²) in [7, 11) is 1.63. The fourth-order valence-corrected chi connectivity index (χ4v) is 4.30. The Morgan fingerprint density at radius 3 is 2.79 bits per heavy atom. The van der Waals surface area contributed by atoms with Crippen LogP contribution in [0, 0.1) is 6.92 Å². The number of aliphatic hydroxyl groups is 1. The number of carbonyl (C=O) groups excluding carboxylic acids is 1. The van der Waals surface area contributed by atoms with E-state index < -0.39 is 6.10 Å². The standard InChI is InChI=1S/C21H29N3O4S/c1-15-20(29-14-23-15)17-5-3-16(4-6-17)12-22-21(26)19-11-18(25)13-24(19)7-8-28-10-9-27-2/h3-6,14,18-19,25H,7-13H2,1-2H3,(H,22,26)/t18-,19+/m1/s1. The quantitative estimate of drug-likeness (QED) is 0.572. The molecule has 1 amide bonds. The molecule has 0 spiro atoms. The molecule has 8 heteroatoms. The fraction of sp³-hybridized carbons (Fsp3) is 0.524. The lowest BCUT2D eigenvalue weighted by Gasteiger charge is -2.23. The van der Waals surface area contributed by atoms with Crippen molar-refractivity contribution in [3.8, 4) is 10.4 Å². The van der Waals surface area contributed by atoms with E-state index in [4.69, 9.17) is 9.47 Å². The van der Waals surface area contributed by atoms with Gasteiger partial charge in [-0.1, -0.05) is 24.3 Å². The Kier molecular flexibility index (Phi) is 8.14. The number of rotatable bonds is 10. The summed E-state index contributed by atoms with van der Waals surface area (Å²) < 4.78 is 10.4. The highest BCUT2D eigenvalue weighted by Crippen LogP contribution is 2.27. The molecule has 0 aliphatic carbocycles. The van der Waals surface area contributed by atoms with Crippen LogP contribution in [0.3, 0.4) is 0 Å². The Morgan fingerprint density at radius 1 is 1.31 bits per heavy atom. The van der Waals surface area contributed by atoms with Gasteiger partial charge in [-0.3, -0.25) is 9.69 Å². The average molecular weight is 420 g/mol. The number of hydrogen-bond donors (Lipinski definition) is 2. The van der Waals surface area contributed by atoms with E-state index in [1.165, 1.54) is 4.88 Å². The highest BCUT2D eigenvalue weighted by molar-refractivity contribution is 7.13. The number of aliphatic hydroxyl groups excluding tert-OH is 1. The molecule has 7 nitrogen and oxygen atoms in total. The number of likely N-dealkylation sites (tertiary alicyclic amines) is 1. The van der Waals surface area contributed by atoms with E-state index in [1.807, 2.05) is 29.5 Å². The van der Waals surface area contributed by atoms with Gasteiger partial charge in [0.15, 0.2) is 0 Å². The van der Waals surface area contributed by atoms with Gasteiger partial charge in [0.2, 0.25) is 5.91 Å². The van der Waals surface area contributed by atoms with Crippen LogP contribution in [0.2, 0.25) is 0 Å². The topological polar surface area (TPSA) is 83.9 Å². The highest BCUT2D eigenvalue weighted by atomic mass is 32.1. The maximum Gasteiger partial charge on any atom is 0.237 e. The first-order chi connectivity index (χ1) is 14.1. The monoisotopic (exact) mass is 419 g/mol. The van der Waals surface area contributed by atoms with Crippen molar-refractivity contribution in [1.29, 1.82) is 0 Å². The molecule has 0 bridgehead atoms. The maximum atomic E-state index is 12.7. The van der Waals surface area contributed by atoms with Crippen LogP contribution in [0.15, 0.2) is 29.8 Å². The highest BCUT2D eigenvalue weighted by Gasteiger charge is 2.35. The van der Waals surface area contributed by atoms with E-state index in [2.05, 4.69) is 22.4 Å². The Balaban J connectivity index is 1.49. The third-order valence-corrected chi connectivity index (χ3v) is 6.04. The third kappa shape index (κ3) is 6.07. The number of methoxy groups -OCH3 is 1. The van der Waals surface area contributed by atoms with Gasteiger partial charge < -0.3 is 19.9 Å². The van der Waals surface area contributed by atoms with Crippen LogP contribution in [0.5, 0.6) is 0 Å². The Hall–Kier alpha value is -1.84. The summed E-state index contributed by atoms with van der Waals surface area (Å²) in [6, 6.07) is 7.85. The number of nitrogens with one attached hydrogen (secondary N) is 1. The predicted octanol–water partition coefficient (Wildman–Crippen LogP) is 1.83. The molecule has 3 rings (SSSR count). The Labute approximate surface area is 175 Å². The van der Waals surface area contributed by atoms with Crippen molar-refractivity contribution >= 4 is 17.2 Å². The molecule has 2 N–H and O–H groups in total. The Bertz CT molecular complexity index is 780. The maximum absolute atomic E-state index is 12.7. The molecule has 2 atom stereocenters. The summed E-state index contributed by atoms with van der Waals surface area (Å²) in [5, 5.41) is 13.0. The van der Waals surface area contributed by atoms with E-state index in [9.17, 15) is 9.90 Å². The zero-order valence-electron chi connectivity index (χ0n) is 17.0. The van der Waals surface area contributed by atoms with Crippen LogP contribution in [-0.2, 0) is 20.8 Å². The molecule has 0 unspecified atom stereocenters. The minimum atomic E-state index is -0.480. The third-order valence-electron chi connectivity index (χ3n) is 5.07. The molecule has 2 heterocycles. The van der Waals surface area contributed by atoms with Crippen molar-refractivity contribution in [3.05, 3.63) is 41.0 Å². The number of carbonyl (C=O) groups is 1. The molecular weight excluding hydrogens is 390 g/mol. The van der Waals surface area contributed by atoms with Crippen molar-refractivity contribution in [1.82, 2.24) is 15.2 Å². The summed E-state index contributed by atoms with van der Waals surface area (Å²) in [5.74, 6) is -0.0548. The van der Waals surface area contributed by atoms with E-state index in [-0.39, 0.29) is 11.9 Å². The number of ether oxygens (including phenoxy) is 2. The number of hydrogen-bond acceptors (Lipinski definition) is 7. The fourth-order valence-electron chi connectivity index (χ4n) is 3.49. The van der Waals surface area contributed by atoms with Crippen molar-refractivity contribution in [3.63, 3.8) is 0 Å². The number of aromatic nitrogens is 1. The molecule has 1 aliphatic heterocycles. The number of thiazole rings is 1. The van der Waals surface area contributed by atoms with Gasteiger partial charge in [-0.2, -0.15) is 0 Å². The second-order valence-corrected chi connectivity index (χ2v) is 8.04. The second kappa shape index (κ2) is 10.8. The molecule has 0 radical (unpaired) electrons. The number of aryl methyl sites for hydroxylation is 1. The summed E-state index contributed by atoms with van der Waals surface area (Å²) in [4.78, 5) is 20.1.